The molecule has 4 bridgehead atoms. The second-order valence-electron chi connectivity index (χ2n) is 42.0. The highest BCUT2D eigenvalue weighted by Gasteiger charge is 2.56. The third-order valence-electron chi connectivity index (χ3n) is 30.8. The highest BCUT2D eigenvalue weighted by molar-refractivity contribution is 6.39. The number of ketones is 6. The van der Waals surface area contributed by atoms with Crippen LogP contribution < -0.4 is 0 Å². The maximum atomic E-state index is 14.5. The van der Waals surface area contributed by atoms with E-state index in [2.05, 4.69) is 0 Å². The zero-order valence-corrected chi connectivity index (χ0v) is 87.7. The summed E-state index contributed by atoms with van der Waals surface area (Å²) in [4.78, 5) is 158. The van der Waals surface area contributed by atoms with E-state index in [1.165, 1.54) is 33.2 Å². The Bertz CT molecular complexity index is 4350. The number of amides is 2. The predicted octanol–water partition coefficient (Wildman–Crippen LogP) is 13.2. The number of methoxy groups -OCH3 is 6. The van der Waals surface area contributed by atoms with Crippen molar-refractivity contribution in [2.75, 3.05) is 82.2 Å². The number of carbonyl (C=O) groups is 11. The van der Waals surface area contributed by atoms with Gasteiger partial charge in [0.2, 0.25) is 11.6 Å². The molecule has 4 saturated heterocycles. The predicted molar refractivity (Wildman–Crippen MR) is 541 cm³/mol. The van der Waals surface area contributed by atoms with Crippen LogP contribution in [0.25, 0.3) is 0 Å². The van der Waals surface area contributed by atoms with E-state index in [-0.39, 0.29) is 132 Å². The Hall–Kier alpha value is -7.35. The lowest BCUT2D eigenvalue weighted by molar-refractivity contribution is -0.265. The molecule has 143 heavy (non-hydrogen) atoms. The van der Waals surface area contributed by atoms with E-state index in [1.807, 2.05) is 109 Å². The van der Waals surface area contributed by atoms with Crippen molar-refractivity contribution in [3.05, 3.63) is 95.2 Å². The number of nitrogens with zero attached hydrogens (tertiary/aromatic N) is 2. The average molecular weight is 2020 g/mol. The number of allylic oxidation sites excluding steroid dienone is 12. The Morgan fingerprint density at radius 1 is 0.469 bits per heavy atom. The standard InChI is InChI=1S/C56H87NO16.C53H83NO14.2CH4/c1-33-17-13-12-14-18-34(2)45(68-9)29-41-22-20-39(7)56(67,73-41)51(63)52(64)57-24-16-15-19-42(57)53(65)71-46(30-43(60)35(3)26-38(6)49(62)50(70-11)48(61)37(5)25-33)36(4)27-40-21-23-44(47(28-40)69-10)72-54(66)55(8,31-58)32-59;1-32-16-12-11-13-17-33(2)44(63-8)30-40-21-19-38(7)53(62,68-40)50(59)51(60)54-23-15-14-18-41(54)52(61)67-45(35(4)28-39-20-22-43(66-25-24-55)46(29-39)64-9)31-42(56)34(3)27-37(6)48(58)49(65-10)47(57)36(5)26-32;;/h12-14,17-18,26,33,35-37,39-42,44-47,49-50,58-59,62,67H,15-16,19-25,27-32H2,1-11H3;11-13,16-17,27,32,34-36,38-41,43-46,48-49,55,58,62H,14-15,18-26,28-31H2,1-10H3;2*1H4/b14-12+,17-13+,34-18+,38-26+;13-11?,16-12+,33-17?,37-27+;;/t33-,35-,36-,37-,39-,40+,41+,42+,44-,45+,46+,47-,49-,50+,56-;32-,34-,35+,36-,38-,39+,40+,41+,43-,44+,45+,46-,48-,49+,53-;;/m11../s1. The number of fused-ring (bicyclic) bond motifs is 6. The molecule has 6 fully saturated rings. The van der Waals surface area contributed by atoms with Gasteiger partial charge in [-0.25, -0.2) is 9.59 Å². The van der Waals surface area contributed by atoms with Crippen molar-refractivity contribution in [2.45, 2.75) is 382 Å². The molecule has 0 aromatic carbocycles. The van der Waals surface area contributed by atoms with Crippen LogP contribution in [-0.2, 0) is 110 Å². The van der Waals surface area contributed by atoms with Gasteiger partial charge in [0.25, 0.3) is 23.4 Å². The van der Waals surface area contributed by atoms with E-state index in [4.69, 9.17) is 56.8 Å². The van der Waals surface area contributed by atoms with Crippen molar-refractivity contribution in [1.29, 1.82) is 0 Å². The van der Waals surface area contributed by atoms with Gasteiger partial charge in [0, 0.05) is 117 Å². The van der Waals surface area contributed by atoms with E-state index < -0.39 is 198 Å². The van der Waals surface area contributed by atoms with Gasteiger partial charge in [0.15, 0.2) is 11.6 Å². The number of hydrogen-bond donors (Lipinski definition) is 7. The molecule has 0 aromatic rings. The number of Topliss-reactive ketones (excluding diaryl/α,β-unsaturated/α-hetero) is 6. The molecule has 0 radical (unpaired) electrons. The summed E-state index contributed by atoms with van der Waals surface area (Å²) in [6, 6.07) is -2.35. The van der Waals surface area contributed by atoms with Crippen molar-refractivity contribution >= 4 is 64.4 Å². The van der Waals surface area contributed by atoms with Crippen LogP contribution >= 0.6 is 0 Å². The minimum Gasteiger partial charge on any atom is -0.460 e. The third kappa shape index (κ3) is 34.9. The molecule has 2 aliphatic carbocycles. The molecule has 812 valence electrons. The maximum absolute atomic E-state index is 14.5. The van der Waals surface area contributed by atoms with Crippen LogP contribution in [0.4, 0.5) is 0 Å². The van der Waals surface area contributed by atoms with Crippen LogP contribution in [0.15, 0.2) is 95.2 Å². The summed E-state index contributed by atoms with van der Waals surface area (Å²) in [5, 5.41) is 75.9. The molecule has 8 aliphatic rings. The van der Waals surface area contributed by atoms with E-state index >= 15 is 0 Å². The van der Waals surface area contributed by atoms with Crippen LogP contribution in [0.2, 0.25) is 0 Å². The van der Waals surface area contributed by atoms with Gasteiger partial charge < -0.3 is 102 Å². The van der Waals surface area contributed by atoms with Crippen LogP contribution in [0.3, 0.4) is 0 Å². The van der Waals surface area contributed by atoms with E-state index in [0.29, 0.717) is 133 Å². The Balaban J connectivity index is 0.000000498. The van der Waals surface area contributed by atoms with Gasteiger partial charge in [-0.05, 0) is 221 Å². The van der Waals surface area contributed by atoms with Gasteiger partial charge in [-0.2, -0.15) is 0 Å². The molecule has 8 rings (SSSR count). The first kappa shape index (κ1) is 126. The quantitative estimate of drug-likeness (QED) is 0.0273. The molecule has 0 aromatic heterocycles. The minimum absolute atomic E-state index is 0. The lowest BCUT2D eigenvalue weighted by Gasteiger charge is -2.42. The fourth-order valence-electron chi connectivity index (χ4n) is 21.2. The number of carbonyl (C=O) groups excluding carboxylic acids is 11. The lowest BCUT2D eigenvalue weighted by atomic mass is 9.78. The van der Waals surface area contributed by atoms with Crippen LogP contribution in [0, 0.1) is 76.4 Å². The second kappa shape index (κ2) is 60.3. The number of ether oxygens (including phenoxy) is 12. The zero-order chi connectivity index (χ0) is 105. The number of aliphatic hydroxyl groups excluding tert-OH is 5. The maximum Gasteiger partial charge on any atom is 0.329 e. The normalized spacial score (nSPS) is 37.1. The van der Waals surface area contributed by atoms with Crippen LogP contribution in [0.1, 0.15) is 273 Å². The number of hydrogen-bond acceptors (Lipinski definition) is 30. The van der Waals surface area contributed by atoms with E-state index in [1.54, 1.807) is 81.9 Å². The summed E-state index contributed by atoms with van der Waals surface area (Å²) >= 11 is 0. The van der Waals surface area contributed by atoms with Crippen molar-refractivity contribution in [1.82, 2.24) is 9.80 Å². The number of piperidine rings is 2. The molecule has 32 heteroatoms. The summed E-state index contributed by atoms with van der Waals surface area (Å²) in [6.45, 7) is 25.6. The molecular formula is C111H178N2O30. The van der Waals surface area contributed by atoms with Gasteiger partial charge in [-0.1, -0.05) is 157 Å². The van der Waals surface area contributed by atoms with Crippen molar-refractivity contribution in [2.24, 2.45) is 76.4 Å². The summed E-state index contributed by atoms with van der Waals surface area (Å²) in [6.07, 6.45) is 21.8. The molecular weight excluding hydrogens is 1840 g/mol. The highest BCUT2D eigenvalue weighted by atomic mass is 16.7. The number of esters is 3. The fraction of sp³-hybridized carbons (Fsp3) is 0.757. The molecule has 32 nitrogen and oxygen atoms in total. The molecule has 6 aliphatic heterocycles. The van der Waals surface area contributed by atoms with Gasteiger partial charge in [-0.15, -0.1) is 0 Å². The minimum atomic E-state index is -2.47. The highest BCUT2D eigenvalue weighted by Crippen LogP contribution is 2.43. The summed E-state index contributed by atoms with van der Waals surface area (Å²) in [7, 11) is 9.01. The average Bonchev–Trinajstić information content (AvgIpc) is 0.785. The molecule has 0 spiro atoms. The van der Waals surface area contributed by atoms with Crippen molar-refractivity contribution in [3.63, 3.8) is 0 Å². The fourth-order valence-corrected chi connectivity index (χ4v) is 21.2. The summed E-state index contributed by atoms with van der Waals surface area (Å²) in [5.41, 5.74) is 0.987. The lowest BCUT2D eigenvalue weighted by Crippen LogP contribution is -2.61. The smallest absolute Gasteiger partial charge is 0.329 e. The summed E-state index contributed by atoms with van der Waals surface area (Å²) in [5.74, 6) is -17.3. The first-order chi connectivity index (χ1) is 66.8. The largest absolute Gasteiger partial charge is 0.460 e. The molecule has 7 N–H and O–H groups in total. The first-order valence-corrected chi connectivity index (χ1v) is 51.4. The van der Waals surface area contributed by atoms with Gasteiger partial charge in [0.05, 0.1) is 69.2 Å². The Labute approximate surface area is 851 Å². The second-order valence-corrected chi connectivity index (χ2v) is 42.0. The Morgan fingerprint density at radius 3 is 1.22 bits per heavy atom. The third-order valence-corrected chi connectivity index (χ3v) is 30.8. The molecule has 6 heterocycles. The van der Waals surface area contributed by atoms with E-state index in [9.17, 15) is 88.5 Å². The van der Waals surface area contributed by atoms with Gasteiger partial charge in [-0.3, -0.25) is 43.2 Å². The van der Waals surface area contributed by atoms with Crippen molar-refractivity contribution < 1.29 is 145 Å². The molecule has 2 saturated carbocycles. The monoisotopic (exact) mass is 2020 g/mol. The number of cyclic esters (lactones) is 2. The molecule has 2 amide bonds. The van der Waals surface area contributed by atoms with Crippen LogP contribution in [0.5, 0.6) is 0 Å². The summed E-state index contributed by atoms with van der Waals surface area (Å²) < 4.78 is 71.0. The first-order valence-electron chi connectivity index (χ1n) is 51.4. The topological polar surface area (TPSA) is 447 Å². The van der Waals surface area contributed by atoms with E-state index in [0.717, 1.165) is 22.5 Å². The Kier molecular flexibility index (Phi) is 53.2. The zero-order valence-electron chi connectivity index (χ0n) is 87.7. The number of aliphatic hydroxyl groups is 7. The SMILES string of the molecule is C.C.CO[C@H]1C[C@@H]2CC[C@@H](C)[C@@](O)(O2)C(=O)C(=O)N2CCCC[C@H]2C(=O)O[C@H]([C@@H](C)C[C@@H]2CC[C@@H](OCCO)[C@H](OC)C2)CC(=O)[C@H](C)/C=C(\C)[C@@H](O)[C@@H](OC)C(=O)[C@H](C)C[C@H](C)/C=C/C=CC=C1C.CO[C@H]1C[C@@H]2CC[C@@H](C)[C@@](O)(O2)C(=O)C(=O)N2CCCC[C@H]2C(=O)O[C@H]([C@H](C)C[C@@H]2CC[C@@H](OC(=O)C(C)(CO)CO)[C@H](OC)C2)CC(=O)[C@H](C)/C=C(\C)[C@@H](O)[C@@H](OC)C(=O)[C@H](C)C[C@H](C)/C=C/C=C/C=C/1C. The Morgan fingerprint density at radius 2 is 0.853 bits per heavy atom. The number of rotatable bonds is 19. The molecule has 30 atom stereocenters. The van der Waals surface area contributed by atoms with Crippen LogP contribution in [-0.4, -0.2) is 301 Å². The molecule has 0 unspecified atom stereocenters. The van der Waals surface area contributed by atoms with Gasteiger partial charge in [0.1, 0.15) is 71.8 Å². The van der Waals surface area contributed by atoms with Gasteiger partial charge >= 0.3 is 17.9 Å². The van der Waals surface area contributed by atoms with Crippen molar-refractivity contribution in [3.8, 4) is 0 Å².